The third kappa shape index (κ3) is 4.96. The third-order valence-corrected chi connectivity index (χ3v) is 4.70. The zero-order chi connectivity index (χ0) is 22.3. The molecule has 7 heteroatoms. The Morgan fingerprint density at radius 3 is 2.22 bits per heavy atom. The molecule has 0 radical (unpaired) electrons. The normalized spacial score (nSPS) is 10.8. The number of hydrogen-bond donors (Lipinski definition) is 2. The second-order valence-electron chi connectivity index (χ2n) is 7.10. The zero-order valence-corrected chi connectivity index (χ0v) is 17.4. The number of hydrogen-bond acceptors (Lipinski definition) is 4. The summed E-state index contributed by atoms with van der Waals surface area (Å²) < 4.78 is 1.75. The van der Waals surface area contributed by atoms with Crippen LogP contribution in [0.4, 0.5) is 5.69 Å². The van der Waals surface area contributed by atoms with Crippen molar-refractivity contribution in [2.75, 3.05) is 5.32 Å². The first-order valence-electron chi connectivity index (χ1n) is 10.0. The van der Waals surface area contributed by atoms with Crippen molar-refractivity contribution in [3.63, 3.8) is 0 Å². The van der Waals surface area contributed by atoms with Crippen LogP contribution in [0, 0.1) is 6.92 Å². The molecule has 158 valence electrons. The van der Waals surface area contributed by atoms with Gasteiger partial charge in [-0.3, -0.25) is 9.59 Å². The van der Waals surface area contributed by atoms with Gasteiger partial charge in [0.05, 0.1) is 11.9 Å². The van der Waals surface area contributed by atoms with Crippen molar-refractivity contribution in [3.05, 3.63) is 102 Å². The quantitative estimate of drug-likeness (QED) is 0.290. The second kappa shape index (κ2) is 9.53. The van der Waals surface area contributed by atoms with Crippen molar-refractivity contribution in [1.29, 1.82) is 0 Å². The minimum atomic E-state index is -0.863. The molecule has 7 nitrogen and oxygen atoms in total. The number of carbonyl (C=O) groups excluding carboxylic acids is 2. The molecule has 3 aromatic carbocycles. The van der Waals surface area contributed by atoms with E-state index in [0.717, 1.165) is 16.8 Å². The van der Waals surface area contributed by atoms with Gasteiger partial charge in [-0.05, 0) is 31.2 Å². The van der Waals surface area contributed by atoms with Crippen LogP contribution in [0.25, 0.3) is 16.9 Å². The average Bonchev–Trinajstić information content (AvgIpc) is 3.25. The van der Waals surface area contributed by atoms with E-state index < -0.39 is 11.8 Å². The summed E-state index contributed by atoms with van der Waals surface area (Å²) in [7, 11) is 0. The predicted octanol–water partition coefficient (Wildman–Crippen LogP) is 3.94. The molecule has 2 N–H and O–H groups in total. The molecule has 1 aromatic heterocycles. The molecule has 32 heavy (non-hydrogen) atoms. The molecule has 0 saturated heterocycles. The molecule has 2 amide bonds. The maximum Gasteiger partial charge on any atom is 0.329 e. The molecule has 4 aromatic rings. The van der Waals surface area contributed by atoms with Gasteiger partial charge in [-0.25, -0.2) is 10.1 Å². The Hall–Kier alpha value is -4.52. The highest BCUT2D eigenvalue weighted by Crippen LogP contribution is 2.23. The lowest BCUT2D eigenvalue weighted by Crippen LogP contribution is -2.32. The average molecular weight is 423 g/mol. The largest absolute Gasteiger partial charge is 0.329 e. The van der Waals surface area contributed by atoms with Crippen LogP contribution < -0.4 is 10.7 Å². The molecule has 0 fully saturated rings. The fraction of sp³-hybridized carbons (Fsp3) is 0.0400. The van der Waals surface area contributed by atoms with E-state index in [9.17, 15) is 9.59 Å². The van der Waals surface area contributed by atoms with Crippen LogP contribution in [0.1, 0.15) is 11.1 Å². The van der Waals surface area contributed by atoms with Crippen molar-refractivity contribution in [3.8, 4) is 16.9 Å². The summed E-state index contributed by atoms with van der Waals surface area (Å²) in [4.78, 5) is 24.1. The summed E-state index contributed by atoms with van der Waals surface area (Å²) in [6.07, 6.45) is 3.31. The van der Waals surface area contributed by atoms with Gasteiger partial charge >= 0.3 is 11.8 Å². The molecular formula is C25H21N5O2. The lowest BCUT2D eigenvalue weighted by Gasteiger charge is -2.03. The molecular weight excluding hydrogens is 402 g/mol. The van der Waals surface area contributed by atoms with Crippen LogP contribution in [0.2, 0.25) is 0 Å². The number of aromatic nitrogens is 2. The number of nitrogens with zero attached hydrogens (tertiary/aromatic N) is 3. The number of hydrazone groups is 1. The molecule has 1 heterocycles. The summed E-state index contributed by atoms with van der Waals surface area (Å²) in [6.45, 7) is 2.02. The van der Waals surface area contributed by atoms with Gasteiger partial charge in [0, 0.05) is 23.0 Å². The van der Waals surface area contributed by atoms with Crippen molar-refractivity contribution in [2.24, 2.45) is 5.10 Å². The van der Waals surface area contributed by atoms with Gasteiger partial charge in [0.25, 0.3) is 0 Å². The predicted molar refractivity (Wildman–Crippen MR) is 125 cm³/mol. The summed E-state index contributed by atoms with van der Waals surface area (Å²) >= 11 is 0. The smallest absolute Gasteiger partial charge is 0.318 e. The lowest BCUT2D eigenvalue weighted by atomic mass is 10.1. The Morgan fingerprint density at radius 1 is 0.875 bits per heavy atom. The van der Waals surface area contributed by atoms with Crippen LogP contribution in [0.15, 0.2) is 96.2 Å². The fourth-order valence-corrected chi connectivity index (χ4v) is 3.05. The van der Waals surface area contributed by atoms with Crippen molar-refractivity contribution >= 4 is 23.7 Å². The summed E-state index contributed by atoms with van der Waals surface area (Å²) in [5.41, 5.74) is 7.16. The summed E-state index contributed by atoms with van der Waals surface area (Å²) in [6, 6.07) is 26.4. The maximum absolute atomic E-state index is 12.1. The fourth-order valence-electron chi connectivity index (χ4n) is 3.05. The van der Waals surface area contributed by atoms with Crippen molar-refractivity contribution in [2.45, 2.75) is 6.92 Å². The van der Waals surface area contributed by atoms with Crippen LogP contribution >= 0.6 is 0 Å². The van der Waals surface area contributed by atoms with Gasteiger partial charge in [0.2, 0.25) is 0 Å². The monoisotopic (exact) mass is 423 g/mol. The number of benzene rings is 3. The minimum absolute atomic E-state index is 0.530. The van der Waals surface area contributed by atoms with E-state index in [1.54, 1.807) is 28.9 Å². The van der Waals surface area contributed by atoms with Crippen LogP contribution in [-0.2, 0) is 9.59 Å². The highest BCUT2D eigenvalue weighted by atomic mass is 16.2. The molecule has 0 unspecified atom stereocenters. The number of anilines is 1. The van der Waals surface area contributed by atoms with Crippen molar-refractivity contribution in [1.82, 2.24) is 15.2 Å². The Balaban J connectivity index is 1.54. The number of aryl methyl sites for hydroxylation is 1. The molecule has 0 atom stereocenters. The van der Waals surface area contributed by atoms with E-state index >= 15 is 0 Å². The molecule has 0 aliphatic carbocycles. The van der Waals surface area contributed by atoms with Gasteiger partial charge < -0.3 is 5.32 Å². The van der Waals surface area contributed by atoms with Gasteiger partial charge in [-0.2, -0.15) is 10.2 Å². The Bertz CT molecular complexity index is 1250. The lowest BCUT2D eigenvalue weighted by molar-refractivity contribution is -0.136. The Morgan fingerprint density at radius 2 is 1.53 bits per heavy atom. The first-order valence-corrected chi connectivity index (χ1v) is 10.0. The van der Waals surface area contributed by atoms with E-state index in [1.165, 1.54) is 6.21 Å². The summed E-state index contributed by atoms with van der Waals surface area (Å²) in [5.74, 6) is -1.66. The van der Waals surface area contributed by atoms with E-state index in [4.69, 9.17) is 5.10 Å². The molecule has 0 spiro atoms. The number of para-hydroxylation sites is 2. The first kappa shape index (κ1) is 20.7. The van der Waals surface area contributed by atoms with Crippen LogP contribution in [0.3, 0.4) is 0 Å². The maximum atomic E-state index is 12.1. The number of rotatable bonds is 5. The Kier molecular flexibility index (Phi) is 6.17. The molecule has 0 bridgehead atoms. The van der Waals surface area contributed by atoms with E-state index in [2.05, 4.69) is 15.8 Å². The second-order valence-corrected chi connectivity index (χ2v) is 7.10. The van der Waals surface area contributed by atoms with Gasteiger partial charge in [-0.15, -0.1) is 0 Å². The molecule has 0 saturated carbocycles. The van der Waals surface area contributed by atoms with Gasteiger partial charge in [-0.1, -0.05) is 66.2 Å². The van der Waals surface area contributed by atoms with E-state index in [1.807, 2.05) is 73.8 Å². The van der Waals surface area contributed by atoms with Crippen LogP contribution in [-0.4, -0.2) is 27.8 Å². The SMILES string of the molecule is Cc1ccc(-c2nn(-c3ccccc3)cc2/C=N/NC(=O)C(=O)Nc2ccccc2)cc1. The molecule has 4 rings (SSSR count). The van der Waals surface area contributed by atoms with Gasteiger partial charge in [0.1, 0.15) is 5.69 Å². The first-order chi connectivity index (χ1) is 15.6. The highest BCUT2D eigenvalue weighted by molar-refractivity contribution is 6.39. The molecule has 0 aliphatic rings. The summed E-state index contributed by atoms with van der Waals surface area (Å²) in [5, 5.41) is 11.2. The highest BCUT2D eigenvalue weighted by Gasteiger charge is 2.14. The zero-order valence-electron chi connectivity index (χ0n) is 17.4. The topological polar surface area (TPSA) is 88.4 Å². The van der Waals surface area contributed by atoms with Crippen molar-refractivity contribution < 1.29 is 9.59 Å². The minimum Gasteiger partial charge on any atom is -0.318 e. The van der Waals surface area contributed by atoms with E-state index in [-0.39, 0.29) is 0 Å². The van der Waals surface area contributed by atoms with Gasteiger partial charge in [0.15, 0.2) is 0 Å². The number of nitrogens with one attached hydrogen (secondary N) is 2. The number of amides is 2. The number of carbonyl (C=O) groups is 2. The standard InChI is InChI=1S/C25H21N5O2/c1-18-12-14-19(15-13-18)23-20(17-30(29-23)22-10-6-3-7-11-22)16-26-28-25(32)24(31)27-21-8-4-2-5-9-21/h2-17H,1H3,(H,27,31)(H,28,32)/b26-16+. The van der Waals surface area contributed by atoms with Crippen LogP contribution in [0.5, 0.6) is 0 Å². The Labute approximate surface area is 185 Å². The van der Waals surface area contributed by atoms with E-state index in [0.29, 0.717) is 16.9 Å². The molecule has 0 aliphatic heterocycles. The third-order valence-electron chi connectivity index (χ3n) is 4.70.